The maximum Gasteiger partial charge on any atom is 0.150 e. The van der Waals surface area contributed by atoms with Crippen LogP contribution < -0.4 is 4.90 Å². The van der Waals surface area contributed by atoms with Crippen LogP contribution in [-0.2, 0) is 6.54 Å². The van der Waals surface area contributed by atoms with Gasteiger partial charge in [0.15, 0.2) is 0 Å². The Hall–Kier alpha value is -2.06. The number of aromatic nitrogens is 5. The summed E-state index contributed by atoms with van der Waals surface area (Å²) in [5.41, 5.74) is 1.06. The van der Waals surface area contributed by atoms with E-state index in [1.54, 1.807) is 24.0 Å². The van der Waals surface area contributed by atoms with E-state index in [0.29, 0.717) is 0 Å². The lowest BCUT2D eigenvalue weighted by Crippen LogP contribution is -2.47. The number of nitrogens with zero attached hydrogens (tertiary/aromatic N) is 7. The van der Waals surface area contributed by atoms with Gasteiger partial charge in [-0.2, -0.15) is 5.10 Å². The molecule has 0 amide bonds. The molecule has 0 N–H and O–H groups in total. The van der Waals surface area contributed by atoms with Gasteiger partial charge in [0.05, 0.1) is 16.8 Å². The van der Waals surface area contributed by atoms with Crippen LogP contribution in [0.25, 0.3) is 10.2 Å². The number of anilines is 1. The average molecular weight is 329 g/mol. The van der Waals surface area contributed by atoms with E-state index < -0.39 is 0 Å². The van der Waals surface area contributed by atoms with Crippen molar-refractivity contribution < 1.29 is 0 Å². The number of fused-ring (bicyclic) bond motifs is 1. The first kappa shape index (κ1) is 14.5. The Bertz CT molecular complexity index is 774. The van der Waals surface area contributed by atoms with Crippen LogP contribution in [0.2, 0.25) is 0 Å². The number of hydrogen-bond donors (Lipinski definition) is 0. The second-order valence-corrected chi connectivity index (χ2v) is 6.63. The van der Waals surface area contributed by atoms with E-state index in [-0.39, 0.29) is 0 Å². The molecule has 0 radical (unpaired) electrons. The van der Waals surface area contributed by atoms with E-state index in [1.165, 1.54) is 4.70 Å². The minimum atomic E-state index is 0.847. The van der Waals surface area contributed by atoms with E-state index in [4.69, 9.17) is 4.98 Å². The first-order valence-electron chi connectivity index (χ1n) is 7.81. The molecule has 4 heterocycles. The van der Waals surface area contributed by atoms with Gasteiger partial charge in [-0.3, -0.25) is 9.58 Å². The fraction of sp³-hybridized carbons (Fsp3) is 0.467. The molecule has 0 saturated carbocycles. The molecule has 0 aromatic carbocycles. The number of thiophene rings is 1. The summed E-state index contributed by atoms with van der Waals surface area (Å²) in [4.78, 5) is 18.0. The molecule has 3 aromatic heterocycles. The minimum Gasteiger partial charge on any atom is -0.353 e. The van der Waals surface area contributed by atoms with Gasteiger partial charge in [-0.05, 0) is 18.4 Å². The second-order valence-electron chi connectivity index (χ2n) is 5.72. The Kier molecular flexibility index (Phi) is 3.92. The Labute approximate surface area is 138 Å². The third-order valence-electron chi connectivity index (χ3n) is 4.18. The molecule has 4 rings (SSSR count). The molecule has 1 aliphatic rings. The fourth-order valence-electron chi connectivity index (χ4n) is 2.95. The maximum atomic E-state index is 4.69. The highest BCUT2D eigenvalue weighted by molar-refractivity contribution is 7.17. The van der Waals surface area contributed by atoms with Crippen LogP contribution in [-0.4, -0.2) is 62.4 Å². The summed E-state index contributed by atoms with van der Waals surface area (Å²) in [5.74, 6) is 1.94. The molecule has 0 atom stereocenters. The number of hydrogen-bond acceptors (Lipinski definition) is 7. The van der Waals surface area contributed by atoms with Crippen LogP contribution in [0, 0.1) is 6.92 Å². The number of aryl methyl sites for hydroxylation is 1. The molecule has 23 heavy (non-hydrogen) atoms. The van der Waals surface area contributed by atoms with E-state index in [1.807, 2.05) is 11.6 Å². The van der Waals surface area contributed by atoms with Crippen molar-refractivity contribution in [1.29, 1.82) is 0 Å². The van der Waals surface area contributed by atoms with Crippen molar-refractivity contribution in [3.05, 3.63) is 29.9 Å². The van der Waals surface area contributed by atoms with Gasteiger partial charge in [0.2, 0.25) is 0 Å². The van der Waals surface area contributed by atoms with Gasteiger partial charge in [-0.25, -0.2) is 15.0 Å². The van der Waals surface area contributed by atoms with Gasteiger partial charge in [0.1, 0.15) is 24.3 Å². The molecule has 1 fully saturated rings. The van der Waals surface area contributed by atoms with Crippen LogP contribution in [0.3, 0.4) is 0 Å². The lowest BCUT2D eigenvalue weighted by atomic mass is 10.3. The monoisotopic (exact) mass is 329 g/mol. The highest BCUT2D eigenvalue weighted by Gasteiger charge is 2.20. The molecule has 1 saturated heterocycles. The molecule has 120 valence electrons. The first-order valence-corrected chi connectivity index (χ1v) is 8.69. The summed E-state index contributed by atoms with van der Waals surface area (Å²) in [5, 5.41) is 6.25. The summed E-state index contributed by atoms with van der Waals surface area (Å²) in [6.45, 7) is 7.96. The van der Waals surface area contributed by atoms with Gasteiger partial charge in [0.25, 0.3) is 0 Å². The van der Waals surface area contributed by atoms with E-state index in [0.717, 1.165) is 56.4 Å². The van der Waals surface area contributed by atoms with Crippen LogP contribution in [0.1, 0.15) is 5.82 Å². The summed E-state index contributed by atoms with van der Waals surface area (Å²) in [6.07, 6.45) is 3.36. The molecular formula is C15H19N7S. The smallest absolute Gasteiger partial charge is 0.150 e. The Morgan fingerprint density at radius 3 is 2.78 bits per heavy atom. The summed E-state index contributed by atoms with van der Waals surface area (Å²) >= 11 is 1.73. The Morgan fingerprint density at radius 1 is 1.13 bits per heavy atom. The fourth-order valence-corrected chi connectivity index (χ4v) is 3.80. The van der Waals surface area contributed by atoms with Crippen molar-refractivity contribution in [2.75, 3.05) is 37.6 Å². The molecule has 0 unspecified atom stereocenters. The molecule has 8 heteroatoms. The molecule has 0 spiro atoms. The highest BCUT2D eigenvalue weighted by atomic mass is 32.1. The lowest BCUT2D eigenvalue weighted by Gasteiger charge is -2.35. The third-order valence-corrected chi connectivity index (χ3v) is 5.08. The highest BCUT2D eigenvalue weighted by Crippen LogP contribution is 2.29. The van der Waals surface area contributed by atoms with Crippen LogP contribution in [0.15, 0.2) is 24.1 Å². The molecule has 0 bridgehead atoms. The molecule has 3 aromatic rings. The molecule has 7 nitrogen and oxygen atoms in total. The zero-order chi connectivity index (χ0) is 15.6. The summed E-state index contributed by atoms with van der Waals surface area (Å²) < 4.78 is 3.08. The van der Waals surface area contributed by atoms with Crippen LogP contribution >= 0.6 is 11.3 Å². The average Bonchev–Trinajstić information content (AvgIpc) is 3.24. The number of piperazine rings is 1. The van der Waals surface area contributed by atoms with Crippen molar-refractivity contribution in [2.45, 2.75) is 13.5 Å². The maximum absolute atomic E-state index is 4.69. The quantitative estimate of drug-likeness (QED) is 0.721. The van der Waals surface area contributed by atoms with Gasteiger partial charge in [-0.1, -0.05) is 0 Å². The number of rotatable bonds is 4. The largest absolute Gasteiger partial charge is 0.353 e. The van der Waals surface area contributed by atoms with Crippen molar-refractivity contribution in [3.63, 3.8) is 0 Å². The Morgan fingerprint density at radius 2 is 2.00 bits per heavy atom. The van der Waals surface area contributed by atoms with E-state index in [9.17, 15) is 0 Å². The predicted octanol–water partition coefficient (Wildman–Crippen LogP) is 1.41. The summed E-state index contributed by atoms with van der Waals surface area (Å²) in [7, 11) is 0. The zero-order valence-electron chi connectivity index (χ0n) is 13.1. The molecule has 0 aliphatic carbocycles. The van der Waals surface area contributed by atoms with Gasteiger partial charge >= 0.3 is 0 Å². The van der Waals surface area contributed by atoms with Crippen molar-refractivity contribution >= 4 is 27.4 Å². The van der Waals surface area contributed by atoms with Crippen LogP contribution in [0.5, 0.6) is 0 Å². The van der Waals surface area contributed by atoms with E-state index >= 15 is 0 Å². The SMILES string of the molecule is Cc1nc(N2CCN(CCn3cncn3)CC2)c2sccc2n1. The second kappa shape index (κ2) is 6.21. The van der Waals surface area contributed by atoms with Gasteiger partial charge < -0.3 is 4.90 Å². The third kappa shape index (κ3) is 3.04. The van der Waals surface area contributed by atoms with Crippen LogP contribution in [0.4, 0.5) is 5.82 Å². The topological polar surface area (TPSA) is 63.0 Å². The first-order chi connectivity index (χ1) is 11.3. The van der Waals surface area contributed by atoms with Gasteiger partial charge in [0, 0.05) is 32.7 Å². The van der Waals surface area contributed by atoms with Gasteiger partial charge in [-0.15, -0.1) is 11.3 Å². The van der Waals surface area contributed by atoms with Crippen molar-refractivity contribution in [3.8, 4) is 0 Å². The van der Waals surface area contributed by atoms with Crippen molar-refractivity contribution in [1.82, 2.24) is 29.6 Å². The van der Waals surface area contributed by atoms with E-state index in [2.05, 4.69) is 36.3 Å². The van der Waals surface area contributed by atoms with Crippen molar-refractivity contribution in [2.24, 2.45) is 0 Å². The predicted molar refractivity (Wildman–Crippen MR) is 90.8 cm³/mol. The standard InChI is InChI=1S/C15H19N7S/c1-12-18-13-2-9-23-14(13)15(19-12)21-6-3-20(4-7-21)5-8-22-11-16-10-17-22/h2,9-11H,3-8H2,1H3. The summed E-state index contributed by atoms with van der Waals surface area (Å²) in [6, 6.07) is 2.08. The molecular weight excluding hydrogens is 310 g/mol. The zero-order valence-corrected chi connectivity index (χ0v) is 13.9. The molecule has 1 aliphatic heterocycles. The lowest BCUT2D eigenvalue weighted by molar-refractivity contribution is 0.244. The Balaban J connectivity index is 1.41. The normalized spacial score (nSPS) is 16.3. The minimum absolute atomic E-state index is 0.847.